The van der Waals surface area contributed by atoms with E-state index in [0.717, 1.165) is 48.5 Å². The molecule has 2 aromatic carbocycles. The summed E-state index contributed by atoms with van der Waals surface area (Å²) >= 11 is 6.84. The summed E-state index contributed by atoms with van der Waals surface area (Å²) in [6.45, 7) is 4.52. The van der Waals surface area contributed by atoms with Gasteiger partial charge in [-0.3, -0.25) is 0 Å². The van der Waals surface area contributed by atoms with E-state index in [4.69, 9.17) is 16.3 Å². The smallest absolute Gasteiger partial charge is 0.188 e. The van der Waals surface area contributed by atoms with E-state index in [2.05, 4.69) is 32.1 Å². The number of halogens is 1. The Morgan fingerprint density at radius 2 is 1.83 bits per heavy atom. The van der Waals surface area contributed by atoms with Gasteiger partial charge in [-0.1, -0.05) is 60.7 Å². The molecular weight excluding hydrogens is 395 g/mol. The standard InChI is InChI=1S/C25H26BClO3/c1-25(2)19-14-18(30-3)8-9-20(19)26-23(25)13-17-6-4-5-16(24(17)27)11-15-7-10-21(28)22(29)12-15/h7-14,26,28-29H,4-6H2,1-3H3/b16-11+,23-13+. The lowest BCUT2D eigenvalue weighted by molar-refractivity contribution is 0.403. The van der Waals surface area contributed by atoms with Crippen molar-refractivity contribution in [3.05, 3.63) is 75.3 Å². The third-order valence-corrected chi connectivity index (χ3v) is 6.80. The first-order valence-electron chi connectivity index (χ1n) is 10.3. The monoisotopic (exact) mass is 420 g/mol. The maximum atomic E-state index is 9.78. The van der Waals surface area contributed by atoms with Crippen LogP contribution in [0.5, 0.6) is 17.2 Å². The molecule has 0 amide bonds. The Morgan fingerprint density at radius 3 is 2.57 bits per heavy atom. The number of fused-ring (bicyclic) bond motifs is 1. The normalized spacial score (nSPS) is 20.4. The first-order chi connectivity index (χ1) is 14.3. The molecule has 154 valence electrons. The Balaban J connectivity index is 1.69. The van der Waals surface area contributed by atoms with Crippen LogP contribution in [0.15, 0.2) is 64.1 Å². The second-order valence-electron chi connectivity index (χ2n) is 8.60. The largest absolute Gasteiger partial charge is 0.504 e. The summed E-state index contributed by atoms with van der Waals surface area (Å²) in [5, 5.41) is 20.1. The molecule has 0 saturated heterocycles. The molecule has 3 nitrogen and oxygen atoms in total. The zero-order valence-electron chi connectivity index (χ0n) is 17.6. The van der Waals surface area contributed by atoms with Crippen molar-refractivity contribution in [3.8, 4) is 17.2 Å². The highest BCUT2D eigenvalue weighted by Gasteiger charge is 2.35. The van der Waals surface area contributed by atoms with Gasteiger partial charge in [-0.2, -0.15) is 0 Å². The maximum Gasteiger partial charge on any atom is 0.188 e. The zero-order chi connectivity index (χ0) is 21.5. The number of rotatable bonds is 3. The van der Waals surface area contributed by atoms with E-state index in [1.807, 2.05) is 12.1 Å². The van der Waals surface area contributed by atoms with Crippen LogP contribution < -0.4 is 10.2 Å². The van der Waals surface area contributed by atoms with Crippen LogP contribution in [0, 0.1) is 0 Å². The van der Waals surface area contributed by atoms with Crippen LogP contribution >= 0.6 is 11.6 Å². The van der Waals surface area contributed by atoms with Gasteiger partial charge in [0, 0.05) is 10.4 Å². The number of benzene rings is 2. The maximum absolute atomic E-state index is 9.78. The topological polar surface area (TPSA) is 49.7 Å². The van der Waals surface area contributed by atoms with E-state index >= 15 is 0 Å². The van der Waals surface area contributed by atoms with Gasteiger partial charge in [0.25, 0.3) is 0 Å². The summed E-state index contributed by atoms with van der Waals surface area (Å²) in [6.07, 6.45) is 7.17. The summed E-state index contributed by atoms with van der Waals surface area (Å²) < 4.78 is 5.43. The molecular formula is C25H26BClO3. The van der Waals surface area contributed by atoms with Crippen LogP contribution in [0.1, 0.15) is 44.2 Å². The molecule has 0 spiro atoms. The Labute approximate surface area is 183 Å². The molecule has 0 aromatic heterocycles. The van der Waals surface area contributed by atoms with Crippen molar-refractivity contribution in [2.24, 2.45) is 0 Å². The van der Waals surface area contributed by atoms with Crippen LogP contribution in [0.4, 0.5) is 0 Å². The van der Waals surface area contributed by atoms with Crippen LogP contribution in [0.2, 0.25) is 0 Å². The molecule has 4 rings (SSSR count). The van der Waals surface area contributed by atoms with Gasteiger partial charge in [-0.15, -0.1) is 0 Å². The van der Waals surface area contributed by atoms with Crippen molar-refractivity contribution in [2.45, 2.75) is 38.5 Å². The molecule has 30 heavy (non-hydrogen) atoms. The minimum atomic E-state index is -0.122. The molecule has 0 atom stereocenters. The lowest BCUT2D eigenvalue weighted by Gasteiger charge is -2.25. The first kappa shape index (κ1) is 20.7. The van der Waals surface area contributed by atoms with Crippen LogP contribution in [0.25, 0.3) is 6.08 Å². The molecule has 1 aliphatic carbocycles. The summed E-state index contributed by atoms with van der Waals surface area (Å²) in [6, 6.07) is 11.2. The van der Waals surface area contributed by atoms with Gasteiger partial charge in [0.15, 0.2) is 18.8 Å². The molecule has 1 heterocycles. The van der Waals surface area contributed by atoms with Gasteiger partial charge in [-0.05, 0) is 65.8 Å². The van der Waals surface area contributed by atoms with Crippen molar-refractivity contribution in [1.82, 2.24) is 0 Å². The predicted octanol–water partition coefficient (Wildman–Crippen LogP) is 5.10. The van der Waals surface area contributed by atoms with E-state index in [1.165, 1.54) is 28.1 Å². The quantitative estimate of drug-likeness (QED) is 0.536. The average Bonchev–Trinajstić information content (AvgIpc) is 2.97. The van der Waals surface area contributed by atoms with Gasteiger partial charge in [0.2, 0.25) is 0 Å². The van der Waals surface area contributed by atoms with Crippen molar-refractivity contribution in [3.63, 3.8) is 0 Å². The van der Waals surface area contributed by atoms with Crippen LogP contribution in [-0.4, -0.2) is 24.6 Å². The summed E-state index contributed by atoms with van der Waals surface area (Å²) in [5.41, 5.74) is 7.01. The fraction of sp³-hybridized carbons (Fsp3) is 0.280. The first-order valence-corrected chi connectivity index (χ1v) is 10.7. The molecule has 0 bridgehead atoms. The van der Waals surface area contributed by atoms with Crippen molar-refractivity contribution >= 4 is 30.4 Å². The van der Waals surface area contributed by atoms with Crippen LogP contribution in [-0.2, 0) is 5.41 Å². The molecule has 2 N–H and O–H groups in total. The molecule has 0 fully saturated rings. The Kier molecular flexibility index (Phi) is 5.46. The highest BCUT2D eigenvalue weighted by atomic mass is 35.5. The number of methoxy groups -OCH3 is 1. The SMILES string of the molecule is COc1ccc2c(c1)C(C)(C)/C(=C\C1=C(Cl)C(=C/c3ccc(O)c(O)c3)/CCC1)B2. The average molecular weight is 421 g/mol. The highest BCUT2D eigenvalue weighted by molar-refractivity contribution is 6.64. The third kappa shape index (κ3) is 3.77. The van der Waals surface area contributed by atoms with Crippen molar-refractivity contribution < 1.29 is 14.9 Å². The lowest BCUT2D eigenvalue weighted by Crippen LogP contribution is -2.17. The van der Waals surface area contributed by atoms with Gasteiger partial charge >= 0.3 is 0 Å². The van der Waals surface area contributed by atoms with Crippen molar-refractivity contribution in [1.29, 1.82) is 0 Å². The third-order valence-electron chi connectivity index (χ3n) is 6.32. The molecule has 0 saturated carbocycles. The second-order valence-corrected chi connectivity index (χ2v) is 8.98. The van der Waals surface area contributed by atoms with Gasteiger partial charge < -0.3 is 14.9 Å². The predicted molar refractivity (Wildman–Crippen MR) is 125 cm³/mol. The Hall–Kier alpha value is -2.59. The molecule has 5 heteroatoms. The zero-order valence-corrected chi connectivity index (χ0v) is 18.4. The van der Waals surface area contributed by atoms with E-state index in [-0.39, 0.29) is 16.9 Å². The molecule has 1 aliphatic heterocycles. The fourth-order valence-corrected chi connectivity index (χ4v) is 4.75. The lowest BCUT2D eigenvalue weighted by atomic mass is 9.63. The number of phenols is 2. The van der Waals surface area contributed by atoms with Crippen molar-refractivity contribution in [2.75, 3.05) is 7.11 Å². The van der Waals surface area contributed by atoms with E-state index < -0.39 is 0 Å². The number of hydrogen-bond donors (Lipinski definition) is 2. The Morgan fingerprint density at radius 1 is 1.03 bits per heavy atom. The number of hydrogen-bond acceptors (Lipinski definition) is 3. The van der Waals surface area contributed by atoms with E-state index in [9.17, 15) is 10.2 Å². The number of aromatic hydroxyl groups is 2. The summed E-state index contributed by atoms with van der Waals surface area (Å²) in [5.74, 6) is 0.649. The number of allylic oxidation sites excluding steroid dienone is 5. The van der Waals surface area contributed by atoms with Gasteiger partial charge in [0.05, 0.1) is 7.11 Å². The fourth-order valence-electron chi connectivity index (χ4n) is 4.46. The molecule has 0 radical (unpaired) electrons. The minimum absolute atomic E-state index is 0.0713. The second kappa shape index (κ2) is 7.92. The van der Waals surface area contributed by atoms with Gasteiger partial charge in [0.1, 0.15) is 5.75 Å². The van der Waals surface area contributed by atoms with Gasteiger partial charge in [-0.25, -0.2) is 0 Å². The van der Waals surface area contributed by atoms with E-state index in [0.29, 0.717) is 0 Å². The minimum Gasteiger partial charge on any atom is -0.504 e. The van der Waals surface area contributed by atoms with Crippen LogP contribution in [0.3, 0.4) is 0 Å². The summed E-state index contributed by atoms with van der Waals surface area (Å²) in [4.78, 5) is 0. The molecule has 2 aliphatic rings. The molecule has 0 unspecified atom stereocenters. The summed E-state index contributed by atoms with van der Waals surface area (Å²) in [7, 11) is 2.62. The highest BCUT2D eigenvalue weighted by Crippen LogP contribution is 2.40. The number of phenolic OH excluding ortho intramolecular Hbond substituents is 2. The Bertz CT molecular complexity index is 1100. The van der Waals surface area contributed by atoms with E-state index in [1.54, 1.807) is 19.2 Å². The molecule has 2 aromatic rings. The number of ether oxygens (including phenoxy) is 1.